The van der Waals surface area contributed by atoms with Gasteiger partial charge in [-0.3, -0.25) is 4.98 Å². The normalized spacial score (nSPS) is 11.4. The lowest BCUT2D eigenvalue weighted by atomic mass is 9.82. The molecule has 0 aliphatic heterocycles. The summed E-state index contributed by atoms with van der Waals surface area (Å²) in [4.78, 5) is 4.04. The number of pyridine rings is 1. The third-order valence-corrected chi connectivity index (χ3v) is 2.62. The molecule has 1 rings (SSSR count). The van der Waals surface area contributed by atoms with Gasteiger partial charge in [-0.25, -0.2) is 0 Å². The van der Waals surface area contributed by atoms with Gasteiger partial charge in [0.25, 0.3) is 0 Å². The molecule has 0 N–H and O–H groups in total. The molecule has 0 unspecified atom stereocenters. The van der Waals surface area contributed by atoms with E-state index in [1.165, 1.54) is 5.56 Å². The zero-order chi connectivity index (χ0) is 9.90. The molecule has 0 bridgehead atoms. The third-order valence-electron chi connectivity index (χ3n) is 2.62. The summed E-state index contributed by atoms with van der Waals surface area (Å²) in [5.74, 6) is 0.884. The molecule has 0 spiro atoms. The summed E-state index contributed by atoms with van der Waals surface area (Å²) in [6, 6.07) is 2.03. The average molecular weight is 179 g/mol. The highest BCUT2D eigenvalue weighted by Gasteiger charge is 2.21. The molecule has 1 heterocycles. The lowest BCUT2D eigenvalue weighted by molar-refractivity contribution is 0.387. The summed E-state index contributed by atoms with van der Waals surface area (Å²) >= 11 is 0. The van der Waals surface area contributed by atoms with Crippen molar-refractivity contribution in [2.45, 2.75) is 32.6 Å². The molecular weight excluding hydrogens is 162 g/mol. The van der Waals surface area contributed by atoms with Crippen LogP contribution in [0.25, 0.3) is 0 Å². The van der Waals surface area contributed by atoms with E-state index in [0.717, 1.165) is 12.2 Å². The molecule has 2 heteroatoms. The molecule has 1 aromatic rings. The van der Waals surface area contributed by atoms with Crippen LogP contribution in [-0.4, -0.2) is 12.1 Å². The second kappa shape index (κ2) is 3.77. The van der Waals surface area contributed by atoms with Gasteiger partial charge in [-0.1, -0.05) is 20.8 Å². The summed E-state index contributed by atoms with van der Waals surface area (Å²) in [5, 5.41) is 0. The minimum atomic E-state index is 0.161. The predicted molar refractivity (Wildman–Crippen MR) is 54.1 cm³/mol. The second-order valence-corrected chi connectivity index (χ2v) is 3.81. The first-order chi connectivity index (χ1) is 6.11. The van der Waals surface area contributed by atoms with Gasteiger partial charge >= 0.3 is 0 Å². The molecule has 0 aliphatic carbocycles. The minimum absolute atomic E-state index is 0.161. The molecule has 0 fully saturated rings. The van der Waals surface area contributed by atoms with Gasteiger partial charge in [-0.15, -0.1) is 0 Å². The van der Waals surface area contributed by atoms with Crippen LogP contribution >= 0.6 is 0 Å². The molecule has 0 saturated carbocycles. The summed E-state index contributed by atoms with van der Waals surface area (Å²) in [6.45, 7) is 6.61. The molecule has 72 valence electrons. The zero-order valence-corrected chi connectivity index (χ0v) is 8.79. The summed E-state index contributed by atoms with van der Waals surface area (Å²) in [7, 11) is 1.69. The van der Waals surface area contributed by atoms with Crippen LogP contribution in [0, 0.1) is 0 Å². The SMILES string of the molecule is CCC(C)(C)c1ccncc1OC. The largest absolute Gasteiger partial charge is 0.495 e. The van der Waals surface area contributed by atoms with Crippen LogP contribution in [0.4, 0.5) is 0 Å². The van der Waals surface area contributed by atoms with Gasteiger partial charge in [0.15, 0.2) is 0 Å². The number of hydrogen-bond donors (Lipinski definition) is 0. The van der Waals surface area contributed by atoms with Crippen LogP contribution in [0.5, 0.6) is 5.75 Å². The molecule has 0 amide bonds. The lowest BCUT2D eigenvalue weighted by Gasteiger charge is -2.24. The number of hydrogen-bond acceptors (Lipinski definition) is 2. The Kier molecular flexibility index (Phi) is 2.91. The first-order valence-electron chi connectivity index (χ1n) is 4.60. The van der Waals surface area contributed by atoms with Gasteiger partial charge in [-0.05, 0) is 17.9 Å². The second-order valence-electron chi connectivity index (χ2n) is 3.81. The lowest BCUT2D eigenvalue weighted by Crippen LogP contribution is -2.16. The Hall–Kier alpha value is -1.05. The fourth-order valence-electron chi connectivity index (χ4n) is 1.29. The Morgan fingerprint density at radius 3 is 2.69 bits per heavy atom. The van der Waals surface area contributed by atoms with E-state index in [4.69, 9.17) is 4.74 Å². The average Bonchev–Trinajstić information content (AvgIpc) is 2.18. The van der Waals surface area contributed by atoms with E-state index in [9.17, 15) is 0 Å². The summed E-state index contributed by atoms with van der Waals surface area (Å²) in [6.07, 6.45) is 4.68. The van der Waals surface area contributed by atoms with Crippen LogP contribution in [0.15, 0.2) is 18.5 Å². The van der Waals surface area contributed by atoms with Crippen molar-refractivity contribution in [2.75, 3.05) is 7.11 Å². The topological polar surface area (TPSA) is 22.1 Å². The Balaban J connectivity index is 3.12. The van der Waals surface area contributed by atoms with Crippen molar-refractivity contribution in [3.05, 3.63) is 24.0 Å². The molecule has 1 aromatic heterocycles. The monoisotopic (exact) mass is 179 g/mol. The van der Waals surface area contributed by atoms with Crippen molar-refractivity contribution in [1.82, 2.24) is 4.98 Å². The molecular formula is C11H17NO. The van der Waals surface area contributed by atoms with E-state index < -0.39 is 0 Å². The third kappa shape index (κ3) is 2.00. The maximum atomic E-state index is 5.27. The molecule has 0 aromatic carbocycles. The van der Waals surface area contributed by atoms with Crippen LogP contribution in [0.2, 0.25) is 0 Å². The maximum Gasteiger partial charge on any atom is 0.140 e. The van der Waals surface area contributed by atoms with E-state index in [-0.39, 0.29) is 5.41 Å². The Labute approximate surface area is 80.0 Å². The van der Waals surface area contributed by atoms with Crippen molar-refractivity contribution in [2.24, 2.45) is 0 Å². The van der Waals surface area contributed by atoms with Gasteiger partial charge in [0.2, 0.25) is 0 Å². The highest BCUT2D eigenvalue weighted by Crippen LogP contribution is 2.32. The highest BCUT2D eigenvalue weighted by molar-refractivity contribution is 5.35. The van der Waals surface area contributed by atoms with E-state index in [2.05, 4.69) is 25.8 Å². The zero-order valence-electron chi connectivity index (χ0n) is 8.79. The van der Waals surface area contributed by atoms with Gasteiger partial charge in [-0.2, -0.15) is 0 Å². The first-order valence-corrected chi connectivity index (χ1v) is 4.60. The first kappa shape index (κ1) is 10.0. The van der Waals surface area contributed by atoms with Crippen LogP contribution in [0.3, 0.4) is 0 Å². The number of aromatic nitrogens is 1. The fourth-order valence-corrected chi connectivity index (χ4v) is 1.29. The van der Waals surface area contributed by atoms with E-state index >= 15 is 0 Å². The van der Waals surface area contributed by atoms with Gasteiger partial charge in [0.1, 0.15) is 5.75 Å². The summed E-state index contributed by atoms with van der Waals surface area (Å²) in [5.41, 5.74) is 1.39. The molecule has 0 atom stereocenters. The number of nitrogens with zero attached hydrogens (tertiary/aromatic N) is 1. The van der Waals surface area contributed by atoms with Crippen LogP contribution < -0.4 is 4.74 Å². The fraction of sp³-hybridized carbons (Fsp3) is 0.545. The van der Waals surface area contributed by atoms with E-state index in [1.807, 2.05) is 12.3 Å². The van der Waals surface area contributed by atoms with Crippen LogP contribution in [-0.2, 0) is 5.41 Å². The van der Waals surface area contributed by atoms with Crippen molar-refractivity contribution in [1.29, 1.82) is 0 Å². The number of rotatable bonds is 3. The Morgan fingerprint density at radius 1 is 1.46 bits per heavy atom. The van der Waals surface area contributed by atoms with Crippen molar-refractivity contribution >= 4 is 0 Å². The maximum absolute atomic E-state index is 5.27. The minimum Gasteiger partial charge on any atom is -0.495 e. The van der Waals surface area contributed by atoms with Crippen LogP contribution in [0.1, 0.15) is 32.8 Å². The number of methoxy groups -OCH3 is 1. The quantitative estimate of drug-likeness (QED) is 0.711. The smallest absolute Gasteiger partial charge is 0.140 e. The highest BCUT2D eigenvalue weighted by atomic mass is 16.5. The molecule has 0 aliphatic rings. The Morgan fingerprint density at radius 2 is 2.15 bits per heavy atom. The molecule has 13 heavy (non-hydrogen) atoms. The molecule has 2 nitrogen and oxygen atoms in total. The van der Waals surface area contributed by atoms with E-state index in [1.54, 1.807) is 13.3 Å². The van der Waals surface area contributed by atoms with Gasteiger partial charge in [0.05, 0.1) is 13.3 Å². The van der Waals surface area contributed by atoms with Crippen molar-refractivity contribution < 1.29 is 4.74 Å². The van der Waals surface area contributed by atoms with E-state index in [0.29, 0.717) is 0 Å². The Bertz CT molecular complexity index is 281. The standard InChI is InChI=1S/C11H17NO/c1-5-11(2,3)9-6-7-12-8-10(9)13-4/h6-8H,5H2,1-4H3. The van der Waals surface area contributed by atoms with Gasteiger partial charge in [0, 0.05) is 11.8 Å². The van der Waals surface area contributed by atoms with Crippen molar-refractivity contribution in [3.63, 3.8) is 0 Å². The number of ether oxygens (including phenoxy) is 1. The summed E-state index contributed by atoms with van der Waals surface area (Å²) < 4.78 is 5.27. The molecule has 0 radical (unpaired) electrons. The molecule has 0 saturated heterocycles. The van der Waals surface area contributed by atoms with Gasteiger partial charge < -0.3 is 4.74 Å². The van der Waals surface area contributed by atoms with Crippen molar-refractivity contribution in [3.8, 4) is 5.75 Å². The predicted octanol–water partition coefficient (Wildman–Crippen LogP) is 2.78.